The van der Waals surface area contributed by atoms with E-state index >= 15 is 0 Å². The fourth-order valence-corrected chi connectivity index (χ4v) is 2.96. The maximum atomic E-state index is 10.5. The standard InChI is InChI=1S/C13H19BrN2O/c1-10-3-2-5-13(17,7-10)9-16-12-4-6-15-8-11(12)14/h4,6,8,10,17H,2-3,5,7,9H2,1H3,(H,15,16). The molecule has 0 saturated heterocycles. The Bertz CT molecular complexity index is 385. The summed E-state index contributed by atoms with van der Waals surface area (Å²) in [4.78, 5) is 4.02. The van der Waals surface area contributed by atoms with E-state index in [2.05, 4.69) is 33.2 Å². The molecule has 0 spiro atoms. The van der Waals surface area contributed by atoms with Crippen LogP contribution in [-0.2, 0) is 0 Å². The van der Waals surface area contributed by atoms with E-state index in [1.54, 1.807) is 12.4 Å². The van der Waals surface area contributed by atoms with Crippen LogP contribution in [0.1, 0.15) is 32.6 Å². The molecule has 4 heteroatoms. The molecule has 2 unspecified atom stereocenters. The molecule has 0 radical (unpaired) electrons. The number of rotatable bonds is 3. The number of aliphatic hydroxyl groups is 1. The van der Waals surface area contributed by atoms with Crippen molar-refractivity contribution in [1.29, 1.82) is 0 Å². The van der Waals surface area contributed by atoms with Gasteiger partial charge in [0.05, 0.1) is 15.8 Å². The predicted molar refractivity (Wildman–Crippen MR) is 73.0 cm³/mol. The Morgan fingerprint density at radius 2 is 2.47 bits per heavy atom. The first-order chi connectivity index (χ1) is 8.09. The van der Waals surface area contributed by atoms with Crippen molar-refractivity contribution in [2.45, 2.75) is 38.2 Å². The molecule has 94 valence electrons. The highest BCUT2D eigenvalue weighted by atomic mass is 79.9. The molecule has 1 heterocycles. The van der Waals surface area contributed by atoms with E-state index in [0.717, 1.165) is 29.4 Å². The van der Waals surface area contributed by atoms with Crippen molar-refractivity contribution in [2.24, 2.45) is 5.92 Å². The van der Waals surface area contributed by atoms with Crippen molar-refractivity contribution < 1.29 is 5.11 Å². The number of aromatic nitrogens is 1. The van der Waals surface area contributed by atoms with E-state index in [-0.39, 0.29) is 0 Å². The molecule has 2 rings (SSSR count). The van der Waals surface area contributed by atoms with Gasteiger partial charge in [0, 0.05) is 18.9 Å². The topological polar surface area (TPSA) is 45.1 Å². The number of anilines is 1. The first-order valence-electron chi connectivity index (χ1n) is 6.15. The number of halogens is 1. The predicted octanol–water partition coefficient (Wildman–Crippen LogP) is 3.20. The molecule has 1 aromatic heterocycles. The van der Waals surface area contributed by atoms with Crippen molar-refractivity contribution in [3.63, 3.8) is 0 Å². The summed E-state index contributed by atoms with van der Waals surface area (Å²) >= 11 is 3.44. The van der Waals surface area contributed by atoms with Gasteiger partial charge in [0.15, 0.2) is 0 Å². The smallest absolute Gasteiger partial charge is 0.0821 e. The number of nitrogens with zero attached hydrogens (tertiary/aromatic N) is 1. The van der Waals surface area contributed by atoms with Gasteiger partial charge in [0.2, 0.25) is 0 Å². The summed E-state index contributed by atoms with van der Waals surface area (Å²) in [5.74, 6) is 0.622. The molecule has 0 bridgehead atoms. The third-order valence-electron chi connectivity index (χ3n) is 3.45. The van der Waals surface area contributed by atoms with E-state index in [0.29, 0.717) is 12.5 Å². The van der Waals surface area contributed by atoms with Crippen LogP contribution in [0.5, 0.6) is 0 Å². The van der Waals surface area contributed by atoms with Crippen LogP contribution >= 0.6 is 15.9 Å². The van der Waals surface area contributed by atoms with Gasteiger partial charge >= 0.3 is 0 Å². The van der Waals surface area contributed by atoms with Crippen LogP contribution in [0.2, 0.25) is 0 Å². The Balaban J connectivity index is 1.95. The fraction of sp³-hybridized carbons (Fsp3) is 0.615. The number of hydrogen-bond donors (Lipinski definition) is 2. The van der Waals surface area contributed by atoms with Gasteiger partial charge in [0.1, 0.15) is 0 Å². The van der Waals surface area contributed by atoms with Crippen LogP contribution in [0.3, 0.4) is 0 Å². The van der Waals surface area contributed by atoms with Crippen LogP contribution in [0, 0.1) is 5.92 Å². The molecule has 1 aliphatic carbocycles. The summed E-state index contributed by atoms with van der Waals surface area (Å²) in [5.41, 5.74) is 0.437. The summed E-state index contributed by atoms with van der Waals surface area (Å²) in [6, 6.07) is 1.92. The molecular weight excluding hydrogens is 280 g/mol. The highest BCUT2D eigenvalue weighted by Crippen LogP contribution is 2.32. The Kier molecular flexibility index (Phi) is 4.05. The van der Waals surface area contributed by atoms with Gasteiger partial charge in [0.25, 0.3) is 0 Å². The van der Waals surface area contributed by atoms with Crippen molar-refractivity contribution in [2.75, 3.05) is 11.9 Å². The second-order valence-corrected chi connectivity index (χ2v) is 5.99. The van der Waals surface area contributed by atoms with Crippen LogP contribution in [0.4, 0.5) is 5.69 Å². The second kappa shape index (κ2) is 5.36. The van der Waals surface area contributed by atoms with Gasteiger partial charge in [-0.25, -0.2) is 0 Å². The highest BCUT2D eigenvalue weighted by Gasteiger charge is 2.32. The monoisotopic (exact) mass is 298 g/mol. The van der Waals surface area contributed by atoms with Crippen molar-refractivity contribution >= 4 is 21.6 Å². The third-order valence-corrected chi connectivity index (χ3v) is 4.08. The number of hydrogen-bond acceptors (Lipinski definition) is 3. The SMILES string of the molecule is CC1CCCC(O)(CNc2ccncc2Br)C1. The quantitative estimate of drug-likeness (QED) is 0.901. The minimum atomic E-state index is -0.555. The summed E-state index contributed by atoms with van der Waals surface area (Å²) in [5, 5.41) is 13.8. The average Bonchev–Trinajstić information content (AvgIpc) is 2.28. The van der Waals surface area contributed by atoms with Crippen LogP contribution in [-0.4, -0.2) is 22.2 Å². The first-order valence-corrected chi connectivity index (χ1v) is 6.94. The van der Waals surface area contributed by atoms with Gasteiger partial charge in [-0.3, -0.25) is 4.98 Å². The van der Waals surface area contributed by atoms with Gasteiger partial charge in [-0.1, -0.05) is 19.8 Å². The molecule has 1 aromatic rings. The number of nitrogens with one attached hydrogen (secondary N) is 1. The first kappa shape index (κ1) is 12.8. The van der Waals surface area contributed by atoms with Crippen LogP contribution in [0.15, 0.2) is 22.9 Å². The molecular formula is C13H19BrN2O. The second-order valence-electron chi connectivity index (χ2n) is 5.13. The Morgan fingerprint density at radius 1 is 1.65 bits per heavy atom. The van der Waals surface area contributed by atoms with Gasteiger partial charge in [-0.05, 0) is 40.8 Å². The molecule has 0 aliphatic heterocycles. The van der Waals surface area contributed by atoms with E-state index in [1.165, 1.54) is 6.42 Å². The summed E-state index contributed by atoms with van der Waals surface area (Å²) < 4.78 is 0.937. The largest absolute Gasteiger partial charge is 0.388 e. The van der Waals surface area contributed by atoms with Crippen molar-refractivity contribution in [3.05, 3.63) is 22.9 Å². The highest BCUT2D eigenvalue weighted by molar-refractivity contribution is 9.10. The molecule has 0 aromatic carbocycles. The van der Waals surface area contributed by atoms with Gasteiger partial charge in [-0.2, -0.15) is 0 Å². The van der Waals surface area contributed by atoms with Crippen molar-refractivity contribution in [3.8, 4) is 0 Å². The third kappa shape index (κ3) is 3.42. The minimum absolute atomic E-state index is 0.555. The van der Waals surface area contributed by atoms with Crippen LogP contribution in [0.25, 0.3) is 0 Å². The Labute approximate surface area is 111 Å². The van der Waals surface area contributed by atoms with E-state index in [4.69, 9.17) is 0 Å². The van der Waals surface area contributed by atoms with Gasteiger partial charge < -0.3 is 10.4 Å². The molecule has 2 atom stereocenters. The lowest BCUT2D eigenvalue weighted by Crippen LogP contribution is -2.41. The zero-order valence-electron chi connectivity index (χ0n) is 10.1. The Morgan fingerprint density at radius 3 is 3.18 bits per heavy atom. The summed E-state index contributed by atoms with van der Waals surface area (Å²) in [6.45, 7) is 2.83. The maximum Gasteiger partial charge on any atom is 0.0821 e. The molecule has 3 nitrogen and oxygen atoms in total. The van der Waals surface area contributed by atoms with Crippen molar-refractivity contribution in [1.82, 2.24) is 4.98 Å². The number of pyridine rings is 1. The van der Waals surface area contributed by atoms with E-state index in [1.807, 2.05) is 6.07 Å². The normalized spacial score (nSPS) is 29.0. The molecule has 1 aliphatic rings. The van der Waals surface area contributed by atoms with Crippen LogP contribution < -0.4 is 5.32 Å². The molecule has 1 saturated carbocycles. The zero-order valence-corrected chi connectivity index (χ0v) is 11.7. The average molecular weight is 299 g/mol. The molecule has 2 N–H and O–H groups in total. The fourth-order valence-electron chi connectivity index (χ4n) is 2.57. The minimum Gasteiger partial charge on any atom is -0.388 e. The Hall–Kier alpha value is -0.610. The maximum absolute atomic E-state index is 10.5. The molecule has 17 heavy (non-hydrogen) atoms. The summed E-state index contributed by atoms with van der Waals surface area (Å²) in [6.07, 6.45) is 7.66. The zero-order chi connectivity index (χ0) is 12.3. The summed E-state index contributed by atoms with van der Waals surface area (Å²) in [7, 11) is 0. The van der Waals surface area contributed by atoms with E-state index < -0.39 is 5.60 Å². The lowest BCUT2D eigenvalue weighted by Gasteiger charge is -2.36. The molecule has 0 amide bonds. The lowest BCUT2D eigenvalue weighted by molar-refractivity contribution is -0.000772. The lowest BCUT2D eigenvalue weighted by atomic mass is 9.79. The molecule has 1 fully saturated rings. The van der Waals surface area contributed by atoms with E-state index in [9.17, 15) is 5.11 Å². The van der Waals surface area contributed by atoms with Gasteiger partial charge in [-0.15, -0.1) is 0 Å².